The zero-order chi connectivity index (χ0) is 42.7. The van der Waals surface area contributed by atoms with Gasteiger partial charge in [0.25, 0.3) is 0 Å². The summed E-state index contributed by atoms with van der Waals surface area (Å²) in [7, 11) is 0. The molecule has 2 fully saturated rings. The van der Waals surface area contributed by atoms with E-state index in [0.29, 0.717) is 75.0 Å². The number of unbranched alkanes of at least 4 members (excludes halogenated alkanes) is 3. The Hall–Kier alpha value is -4.28. The highest BCUT2D eigenvalue weighted by Crippen LogP contribution is 2.51. The third kappa shape index (κ3) is 12.9. The minimum atomic E-state index is -5.92. The van der Waals surface area contributed by atoms with Crippen LogP contribution < -0.4 is 9.47 Å². The second kappa shape index (κ2) is 20.6. The van der Waals surface area contributed by atoms with Crippen LogP contribution in [0.4, 0.5) is 43.9 Å². The molecule has 2 aromatic rings. The lowest BCUT2D eigenvalue weighted by molar-refractivity contribution is -0.198. The normalized spacial score (nSPS) is 20.2. The highest BCUT2D eigenvalue weighted by atomic mass is 19.4. The summed E-state index contributed by atoms with van der Waals surface area (Å²) in [5, 5.41) is 0. The molecule has 2 aliphatic carbocycles. The van der Waals surface area contributed by atoms with Crippen LogP contribution in [0.2, 0.25) is 0 Å². The molecular formula is C41H46F10O7. The third-order valence-electron chi connectivity index (χ3n) is 10.5. The summed E-state index contributed by atoms with van der Waals surface area (Å²) in [4.78, 5) is 22.2. The average molecular weight is 841 g/mol. The molecule has 0 radical (unpaired) electrons. The zero-order valence-corrected chi connectivity index (χ0v) is 31.6. The van der Waals surface area contributed by atoms with Gasteiger partial charge in [0.05, 0.1) is 25.9 Å². The summed E-state index contributed by atoms with van der Waals surface area (Å²) < 4.78 is 171. The van der Waals surface area contributed by atoms with Crippen LogP contribution in [0.15, 0.2) is 49.6 Å². The lowest BCUT2D eigenvalue weighted by Crippen LogP contribution is -2.29. The van der Waals surface area contributed by atoms with Gasteiger partial charge in [-0.15, -0.1) is 0 Å². The maximum Gasteiger partial charge on any atom is 0.432 e. The Balaban J connectivity index is 1.39. The van der Waals surface area contributed by atoms with Gasteiger partial charge in [0.15, 0.2) is 0 Å². The smallest absolute Gasteiger partial charge is 0.432 e. The van der Waals surface area contributed by atoms with Crippen molar-refractivity contribution in [2.24, 2.45) is 11.8 Å². The first kappa shape index (κ1) is 46.4. The van der Waals surface area contributed by atoms with Crippen molar-refractivity contribution in [1.29, 1.82) is 0 Å². The molecule has 2 aromatic carbocycles. The molecule has 58 heavy (non-hydrogen) atoms. The van der Waals surface area contributed by atoms with E-state index in [1.165, 1.54) is 0 Å². The molecule has 0 bridgehead atoms. The lowest BCUT2D eigenvalue weighted by atomic mass is 9.69. The quantitative estimate of drug-likeness (QED) is 0.0603. The van der Waals surface area contributed by atoms with Gasteiger partial charge in [-0.3, -0.25) is 0 Å². The van der Waals surface area contributed by atoms with Gasteiger partial charge in [0, 0.05) is 12.2 Å². The monoisotopic (exact) mass is 840 g/mol. The predicted octanol–water partition coefficient (Wildman–Crippen LogP) is 11.4. The number of hydrogen-bond donors (Lipinski definition) is 0. The molecule has 0 aliphatic heterocycles. The largest absolute Gasteiger partial charge is 0.493 e. The predicted molar refractivity (Wildman–Crippen MR) is 190 cm³/mol. The molecule has 4 rings (SSSR count). The van der Waals surface area contributed by atoms with Crippen LogP contribution in [-0.4, -0.2) is 44.5 Å². The van der Waals surface area contributed by atoms with E-state index in [2.05, 4.69) is 17.9 Å². The number of alkyl halides is 8. The van der Waals surface area contributed by atoms with E-state index in [1.807, 2.05) is 0 Å². The Morgan fingerprint density at radius 1 is 0.621 bits per heavy atom. The van der Waals surface area contributed by atoms with Crippen LogP contribution >= 0.6 is 0 Å². The number of esters is 2. The molecule has 2 saturated carbocycles. The summed E-state index contributed by atoms with van der Waals surface area (Å²) >= 11 is 0. The SMILES string of the molecule is C=CC(=O)OCCCCCCOc1ccc(OC(F)(F)c2c(F)cc(C3CCC(C4CCC(OCCOC(=O)C=C)CC4)CC3)cc2F)c(C(F)(F)F)c1C(F)(F)F. The van der Waals surface area contributed by atoms with Crippen molar-refractivity contribution < 1.29 is 77.2 Å². The molecule has 17 heteroatoms. The first-order valence-electron chi connectivity index (χ1n) is 19.1. The topological polar surface area (TPSA) is 80.3 Å². The molecule has 2 aliphatic rings. The van der Waals surface area contributed by atoms with Crippen LogP contribution in [0.1, 0.15) is 105 Å². The van der Waals surface area contributed by atoms with E-state index in [4.69, 9.17) is 18.9 Å². The van der Waals surface area contributed by atoms with Gasteiger partial charge >= 0.3 is 30.4 Å². The third-order valence-corrected chi connectivity index (χ3v) is 10.5. The first-order chi connectivity index (χ1) is 27.3. The van der Waals surface area contributed by atoms with E-state index in [9.17, 15) is 35.9 Å². The summed E-state index contributed by atoms with van der Waals surface area (Å²) in [5.74, 6) is -7.84. The maximum absolute atomic E-state index is 15.4. The zero-order valence-electron chi connectivity index (χ0n) is 31.6. The molecule has 7 nitrogen and oxygen atoms in total. The summed E-state index contributed by atoms with van der Waals surface area (Å²) in [6.45, 7) is 6.51. The molecule has 0 amide bonds. The Morgan fingerprint density at radius 2 is 1.10 bits per heavy atom. The Labute approximate surface area is 329 Å². The van der Waals surface area contributed by atoms with Crippen molar-refractivity contribution in [2.45, 2.75) is 108 Å². The van der Waals surface area contributed by atoms with Gasteiger partial charge in [0.1, 0.15) is 46.4 Å². The second-order valence-electron chi connectivity index (χ2n) is 14.3. The van der Waals surface area contributed by atoms with Crippen LogP contribution in [0.5, 0.6) is 11.5 Å². The number of carbonyl (C=O) groups excluding carboxylic acids is 2. The molecule has 0 aromatic heterocycles. The van der Waals surface area contributed by atoms with Gasteiger partial charge < -0.3 is 23.7 Å². The number of benzene rings is 2. The average Bonchev–Trinajstić information content (AvgIpc) is 3.16. The van der Waals surface area contributed by atoms with E-state index in [1.54, 1.807) is 0 Å². The van der Waals surface area contributed by atoms with E-state index in [0.717, 1.165) is 37.8 Å². The van der Waals surface area contributed by atoms with Crippen molar-refractivity contribution in [3.63, 3.8) is 0 Å². The van der Waals surface area contributed by atoms with Gasteiger partial charge in [-0.1, -0.05) is 13.2 Å². The van der Waals surface area contributed by atoms with Gasteiger partial charge in [-0.2, -0.15) is 35.1 Å². The molecule has 0 spiro atoms. The number of hydrogen-bond acceptors (Lipinski definition) is 7. The summed E-state index contributed by atoms with van der Waals surface area (Å²) in [6.07, 6.45) is -7.74. The van der Waals surface area contributed by atoms with Gasteiger partial charge in [-0.05, 0) is 125 Å². The van der Waals surface area contributed by atoms with Crippen molar-refractivity contribution in [1.82, 2.24) is 0 Å². The Morgan fingerprint density at radius 3 is 1.64 bits per heavy atom. The van der Waals surface area contributed by atoms with Crippen molar-refractivity contribution in [3.05, 3.63) is 83.5 Å². The standard InChI is InChI=1S/C41H46F10O7/c1-3-34(52)56-20-8-6-5-7-19-55-32-17-18-33(38(40(47,48)49)37(32)39(44,45)46)58-41(50,51)36-30(42)23-28(24-31(36)43)27-11-9-25(10-12-27)26-13-15-29(16-14-26)54-21-22-57-35(53)4-2/h3-4,17-18,23-27,29H,1-2,5-16,19-22H2. The van der Waals surface area contributed by atoms with E-state index in [-0.39, 0.29) is 44.0 Å². The van der Waals surface area contributed by atoms with Crippen LogP contribution in [0.25, 0.3) is 0 Å². The maximum atomic E-state index is 15.4. The molecule has 0 atom stereocenters. The van der Waals surface area contributed by atoms with Gasteiger partial charge in [-0.25, -0.2) is 18.4 Å². The van der Waals surface area contributed by atoms with Crippen LogP contribution in [0.3, 0.4) is 0 Å². The molecule has 0 N–H and O–H groups in total. The highest BCUT2D eigenvalue weighted by molar-refractivity contribution is 5.81. The van der Waals surface area contributed by atoms with Crippen molar-refractivity contribution in [2.75, 3.05) is 26.4 Å². The number of ether oxygens (including phenoxy) is 5. The molecule has 0 heterocycles. The fraction of sp³-hybridized carbons (Fsp3) is 0.561. The fourth-order valence-corrected chi connectivity index (χ4v) is 7.67. The van der Waals surface area contributed by atoms with Crippen molar-refractivity contribution in [3.8, 4) is 11.5 Å². The van der Waals surface area contributed by atoms with Crippen molar-refractivity contribution >= 4 is 11.9 Å². The number of halogens is 10. The summed E-state index contributed by atoms with van der Waals surface area (Å²) in [5.41, 5.74) is -7.08. The highest BCUT2D eigenvalue weighted by Gasteiger charge is 2.51. The number of carbonyl (C=O) groups is 2. The first-order valence-corrected chi connectivity index (χ1v) is 19.1. The minimum Gasteiger partial charge on any atom is -0.493 e. The van der Waals surface area contributed by atoms with E-state index >= 15 is 17.6 Å². The van der Waals surface area contributed by atoms with E-state index < -0.39 is 82.7 Å². The molecule has 0 saturated heterocycles. The van der Waals surface area contributed by atoms with Gasteiger partial charge in [0.2, 0.25) is 0 Å². The van der Waals surface area contributed by atoms with Crippen LogP contribution in [-0.2, 0) is 42.3 Å². The Bertz CT molecular complexity index is 1690. The number of rotatable bonds is 19. The Kier molecular flexibility index (Phi) is 16.5. The van der Waals surface area contributed by atoms with Crippen LogP contribution in [0, 0.1) is 23.5 Å². The summed E-state index contributed by atoms with van der Waals surface area (Å²) in [6, 6.07) is 1.87. The second-order valence-corrected chi connectivity index (χ2v) is 14.3. The lowest BCUT2D eigenvalue weighted by Gasteiger charge is -2.38. The molecule has 0 unspecified atom stereocenters. The minimum absolute atomic E-state index is 0.0304. The molecule has 322 valence electrons. The molecular weight excluding hydrogens is 794 g/mol. The fourth-order valence-electron chi connectivity index (χ4n) is 7.67.